The second kappa shape index (κ2) is 6.07. The summed E-state index contributed by atoms with van der Waals surface area (Å²) in [6, 6.07) is 6.35. The van der Waals surface area contributed by atoms with Crippen LogP contribution in [0.1, 0.15) is 59.7 Å². The lowest BCUT2D eigenvalue weighted by molar-refractivity contribution is -0.0269. The summed E-state index contributed by atoms with van der Waals surface area (Å²) in [4.78, 5) is 23.5. The van der Waals surface area contributed by atoms with Crippen LogP contribution in [-0.4, -0.2) is 24.6 Å². The summed E-state index contributed by atoms with van der Waals surface area (Å²) < 4.78 is 10.3. The highest BCUT2D eigenvalue weighted by molar-refractivity contribution is 5.93. The molecule has 0 bridgehead atoms. The van der Waals surface area contributed by atoms with Crippen molar-refractivity contribution in [2.45, 2.75) is 44.6 Å². The molecule has 1 saturated carbocycles. The van der Waals surface area contributed by atoms with Crippen LogP contribution in [0.2, 0.25) is 0 Å². The van der Waals surface area contributed by atoms with Crippen molar-refractivity contribution in [2.24, 2.45) is 0 Å². The van der Waals surface area contributed by atoms with Crippen LogP contribution in [0.25, 0.3) is 0 Å². The lowest BCUT2D eigenvalue weighted by atomic mass is 9.86. The van der Waals surface area contributed by atoms with Gasteiger partial charge in [-0.2, -0.15) is 0 Å². The van der Waals surface area contributed by atoms with Crippen LogP contribution in [0.5, 0.6) is 0 Å². The first-order valence-corrected chi connectivity index (χ1v) is 6.96. The van der Waals surface area contributed by atoms with Gasteiger partial charge in [0.2, 0.25) is 0 Å². The second-order valence-corrected chi connectivity index (χ2v) is 5.47. The zero-order valence-corrected chi connectivity index (χ0v) is 12.0. The molecule has 20 heavy (non-hydrogen) atoms. The van der Waals surface area contributed by atoms with Crippen LogP contribution < -0.4 is 0 Å². The van der Waals surface area contributed by atoms with Gasteiger partial charge in [0, 0.05) is 0 Å². The van der Waals surface area contributed by atoms with E-state index in [-0.39, 0.29) is 11.6 Å². The Morgan fingerprint density at radius 1 is 0.950 bits per heavy atom. The standard InChI is InChI=1S/C16H20O4/c1-16(10-4-3-5-11-16)20-15(18)13-8-6-12(7-9-13)14(17)19-2/h6-9H,3-5,10-11H2,1-2H3. The number of esters is 2. The van der Waals surface area contributed by atoms with Crippen molar-refractivity contribution >= 4 is 11.9 Å². The molecule has 0 N–H and O–H groups in total. The molecule has 0 amide bonds. The van der Waals surface area contributed by atoms with Gasteiger partial charge in [-0.1, -0.05) is 6.42 Å². The van der Waals surface area contributed by atoms with Crippen LogP contribution >= 0.6 is 0 Å². The predicted octanol–water partition coefficient (Wildman–Crippen LogP) is 3.35. The first-order valence-electron chi connectivity index (χ1n) is 6.96. The van der Waals surface area contributed by atoms with E-state index < -0.39 is 5.97 Å². The Morgan fingerprint density at radius 2 is 1.45 bits per heavy atom. The van der Waals surface area contributed by atoms with Gasteiger partial charge in [-0.25, -0.2) is 9.59 Å². The number of benzene rings is 1. The van der Waals surface area contributed by atoms with E-state index in [9.17, 15) is 9.59 Å². The van der Waals surface area contributed by atoms with E-state index in [0.717, 1.165) is 25.7 Å². The van der Waals surface area contributed by atoms with Gasteiger partial charge in [-0.15, -0.1) is 0 Å². The van der Waals surface area contributed by atoms with Crippen LogP contribution in [-0.2, 0) is 9.47 Å². The van der Waals surface area contributed by atoms with E-state index in [1.54, 1.807) is 24.3 Å². The number of ether oxygens (including phenoxy) is 2. The Kier molecular flexibility index (Phi) is 4.42. The summed E-state index contributed by atoms with van der Waals surface area (Å²) >= 11 is 0. The smallest absolute Gasteiger partial charge is 0.338 e. The molecule has 4 heteroatoms. The maximum atomic E-state index is 12.1. The number of rotatable bonds is 3. The average molecular weight is 276 g/mol. The quantitative estimate of drug-likeness (QED) is 0.794. The van der Waals surface area contributed by atoms with Crippen molar-refractivity contribution in [2.75, 3.05) is 7.11 Å². The maximum absolute atomic E-state index is 12.1. The summed E-state index contributed by atoms with van der Waals surface area (Å²) in [5, 5.41) is 0. The summed E-state index contributed by atoms with van der Waals surface area (Å²) in [6.45, 7) is 1.99. The normalized spacial score (nSPS) is 17.3. The fraction of sp³-hybridized carbons (Fsp3) is 0.500. The van der Waals surface area contributed by atoms with Gasteiger partial charge < -0.3 is 9.47 Å². The summed E-state index contributed by atoms with van der Waals surface area (Å²) in [6.07, 6.45) is 5.25. The van der Waals surface area contributed by atoms with Crippen LogP contribution in [0, 0.1) is 0 Å². The molecule has 0 aromatic heterocycles. The van der Waals surface area contributed by atoms with E-state index in [1.165, 1.54) is 13.5 Å². The Balaban J connectivity index is 2.03. The molecule has 0 radical (unpaired) electrons. The predicted molar refractivity (Wildman–Crippen MR) is 74.7 cm³/mol. The molecule has 0 aliphatic heterocycles. The molecule has 1 fully saturated rings. The van der Waals surface area contributed by atoms with Gasteiger partial charge in [0.25, 0.3) is 0 Å². The zero-order chi connectivity index (χ0) is 14.6. The molecular weight excluding hydrogens is 256 g/mol. The van der Waals surface area contributed by atoms with Crippen LogP contribution in [0.4, 0.5) is 0 Å². The zero-order valence-electron chi connectivity index (χ0n) is 12.0. The second-order valence-electron chi connectivity index (χ2n) is 5.47. The van der Waals surface area contributed by atoms with Crippen molar-refractivity contribution in [3.63, 3.8) is 0 Å². The van der Waals surface area contributed by atoms with Gasteiger partial charge in [-0.05, 0) is 56.9 Å². The fourth-order valence-corrected chi connectivity index (χ4v) is 2.54. The third kappa shape index (κ3) is 3.38. The maximum Gasteiger partial charge on any atom is 0.338 e. The van der Waals surface area contributed by atoms with Gasteiger partial charge >= 0.3 is 11.9 Å². The topological polar surface area (TPSA) is 52.6 Å². The van der Waals surface area contributed by atoms with Crippen LogP contribution in [0.3, 0.4) is 0 Å². The Hall–Kier alpha value is -1.84. The SMILES string of the molecule is COC(=O)c1ccc(C(=O)OC2(C)CCCCC2)cc1. The molecule has 108 valence electrons. The van der Waals surface area contributed by atoms with Gasteiger partial charge in [0.05, 0.1) is 18.2 Å². The van der Waals surface area contributed by atoms with Crippen molar-refractivity contribution in [1.82, 2.24) is 0 Å². The molecular formula is C16H20O4. The minimum absolute atomic E-state index is 0.328. The molecule has 1 aromatic rings. The highest BCUT2D eigenvalue weighted by atomic mass is 16.6. The molecule has 0 unspecified atom stereocenters. The molecule has 1 aliphatic rings. The molecule has 4 nitrogen and oxygen atoms in total. The number of carbonyl (C=O) groups is 2. The fourth-order valence-electron chi connectivity index (χ4n) is 2.54. The van der Waals surface area contributed by atoms with Gasteiger partial charge in [0.15, 0.2) is 0 Å². The molecule has 1 aromatic carbocycles. The Bertz CT molecular complexity index is 484. The minimum atomic E-state index is -0.413. The van der Waals surface area contributed by atoms with Crippen molar-refractivity contribution < 1.29 is 19.1 Å². The molecule has 0 atom stereocenters. The number of hydrogen-bond donors (Lipinski definition) is 0. The lowest BCUT2D eigenvalue weighted by Crippen LogP contribution is -2.33. The van der Waals surface area contributed by atoms with E-state index in [1.807, 2.05) is 6.92 Å². The van der Waals surface area contributed by atoms with E-state index in [2.05, 4.69) is 4.74 Å². The van der Waals surface area contributed by atoms with Gasteiger partial charge in [0.1, 0.15) is 5.60 Å². The first kappa shape index (κ1) is 14.6. The van der Waals surface area contributed by atoms with E-state index in [4.69, 9.17) is 4.74 Å². The Labute approximate surface area is 119 Å². The summed E-state index contributed by atoms with van der Waals surface area (Å²) in [7, 11) is 1.33. The van der Waals surface area contributed by atoms with E-state index in [0.29, 0.717) is 11.1 Å². The number of hydrogen-bond acceptors (Lipinski definition) is 4. The van der Waals surface area contributed by atoms with Crippen molar-refractivity contribution in [3.8, 4) is 0 Å². The summed E-state index contributed by atoms with van der Waals surface area (Å²) in [5.74, 6) is -0.741. The van der Waals surface area contributed by atoms with Crippen LogP contribution in [0.15, 0.2) is 24.3 Å². The third-order valence-corrected chi connectivity index (χ3v) is 3.79. The number of carbonyl (C=O) groups excluding carboxylic acids is 2. The molecule has 0 saturated heterocycles. The largest absolute Gasteiger partial charge is 0.465 e. The monoisotopic (exact) mass is 276 g/mol. The third-order valence-electron chi connectivity index (χ3n) is 3.79. The first-order chi connectivity index (χ1) is 9.54. The molecule has 1 aliphatic carbocycles. The Morgan fingerprint density at radius 3 is 1.95 bits per heavy atom. The highest BCUT2D eigenvalue weighted by Crippen LogP contribution is 2.31. The van der Waals surface area contributed by atoms with Crippen molar-refractivity contribution in [1.29, 1.82) is 0 Å². The number of methoxy groups -OCH3 is 1. The average Bonchev–Trinajstić information content (AvgIpc) is 2.47. The highest BCUT2D eigenvalue weighted by Gasteiger charge is 2.31. The van der Waals surface area contributed by atoms with Crippen molar-refractivity contribution in [3.05, 3.63) is 35.4 Å². The molecule has 0 heterocycles. The minimum Gasteiger partial charge on any atom is -0.465 e. The molecule has 0 spiro atoms. The van der Waals surface area contributed by atoms with Gasteiger partial charge in [-0.3, -0.25) is 0 Å². The molecule has 2 rings (SSSR count). The summed E-state index contributed by atoms with van der Waals surface area (Å²) in [5.41, 5.74) is 0.536. The van der Waals surface area contributed by atoms with E-state index >= 15 is 0 Å². The lowest BCUT2D eigenvalue weighted by Gasteiger charge is -2.33.